The molecule has 6 nitrogen and oxygen atoms in total. The second-order valence-electron chi connectivity index (χ2n) is 8.27. The van der Waals surface area contributed by atoms with Gasteiger partial charge in [0, 0.05) is 6.42 Å². The first-order chi connectivity index (χ1) is 12.0. The maximum atomic E-state index is 12.4. The van der Waals surface area contributed by atoms with Crippen molar-refractivity contribution in [3.63, 3.8) is 0 Å². The maximum absolute atomic E-state index is 12.4. The minimum Gasteiger partial charge on any atom is -0.347 e. The molecule has 2 amide bonds. The number of carbonyl (C=O) groups excluding carboxylic acids is 2. The molecule has 4 fully saturated rings. The number of amides is 2. The third-order valence-electron chi connectivity index (χ3n) is 6.16. The summed E-state index contributed by atoms with van der Waals surface area (Å²) < 4.78 is 0. The lowest BCUT2D eigenvalue weighted by Gasteiger charge is -2.56. The van der Waals surface area contributed by atoms with Gasteiger partial charge in [-0.1, -0.05) is 18.3 Å². The van der Waals surface area contributed by atoms with Crippen LogP contribution in [0.1, 0.15) is 56.9 Å². The molecule has 0 unspecified atom stereocenters. The van der Waals surface area contributed by atoms with Crippen LogP contribution in [0.4, 0.5) is 5.13 Å². The molecule has 4 bridgehead atoms. The number of anilines is 1. The van der Waals surface area contributed by atoms with E-state index in [1.165, 1.54) is 49.9 Å². The fourth-order valence-electron chi connectivity index (χ4n) is 5.70. The van der Waals surface area contributed by atoms with Gasteiger partial charge in [0.05, 0.1) is 6.54 Å². The Kier molecular flexibility index (Phi) is 4.52. The quantitative estimate of drug-likeness (QED) is 0.815. The Morgan fingerprint density at radius 1 is 1.08 bits per heavy atom. The smallest absolute Gasteiger partial charge is 0.245 e. The summed E-state index contributed by atoms with van der Waals surface area (Å²) in [7, 11) is 0. The van der Waals surface area contributed by atoms with Crippen LogP contribution in [0.2, 0.25) is 0 Å². The largest absolute Gasteiger partial charge is 0.347 e. The van der Waals surface area contributed by atoms with Crippen molar-refractivity contribution in [2.24, 2.45) is 23.2 Å². The highest BCUT2D eigenvalue weighted by Gasteiger charge is 2.51. The molecular weight excluding hydrogens is 336 g/mol. The lowest BCUT2D eigenvalue weighted by atomic mass is 9.49. The predicted octanol–water partition coefficient (Wildman–Crippen LogP) is 2.76. The summed E-state index contributed by atoms with van der Waals surface area (Å²) in [4.78, 5) is 24.4. The van der Waals surface area contributed by atoms with Gasteiger partial charge >= 0.3 is 0 Å². The molecule has 4 saturated carbocycles. The Balaban J connectivity index is 1.26. The van der Waals surface area contributed by atoms with E-state index in [0.29, 0.717) is 11.6 Å². The minimum atomic E-state index is -0.238. The molecule has 1 heterocycles. The van der Waals surface area contributed by atoms with Crippen molar-refractivity contribution in [3.8, 4) is 0 Å². The highest BCUT2D eigenvalue weighted by atomic mass is 32.1. The Hall–Kier alpha value is -1.50. The Labute approximate surface area is 152 Å². The van der Waals surface area contributed by atoms with Gasteiger partial charge in [0.1, 0.15) is 5.01 Å². The molecule has 0 saturated heterocycles. The molecule has 5 rings (SSSR count). The van der Waals surface area contributed by atoms with E-state index in [-0.39, 0.29) is 23.8 Å². The van der Waals surface area contributed by atoms with Crippen LogP contribution in [0.3, 0.4) is 0 Å². The minimum absolute atomic E-state index is 0.00619. The molecule has 136 valence electrons. The summed E-state index contributed by atoms with van der Waals surface area (Å²) in [6.07, 6.45) is 9.16. The predicted molar refractivity (Wildman–Crippen MR) is 96.1 cm³/mol. The number of hydrogen-bond donors (Lipinski definition) is 2. The fraction of sp³-hybridized carbons (Fsp3) is 0.778. The third kappa shape index (κ3) is 3.71. The van der Waals surface area contributed by atoms with Crippen molar-refractivity contribution in [1.82, 2.24) is 15.5 Å². The van der Waals surface area contributed by atoms with Gasteiger partial charge in [0.25, 0.3) is 0 Å². The Morgan fingerprint density at radius 3 is 2.28 bits per heavy atom. The number of nitrogens with zero attached hydrogens (tertiary/aromatic N) is 2. The third-order valence-corrected chi connectivity index (χ3v) is 7.15. The average Bonchev–Trinajstić information content (AvgIpc) is 2.99. The van der Waals surface area contributed by atoms with E-state index in [9.17, 15) is 9.59 Å². The lowest BCUT2D eigenvalue weighted by molar-refractivity contribution is -0.131. The van der Waals surface area contributed by atoms with E-state index < -0.39 is 0 Å². The number of carbonyl (C=O) groups is 2. The first-order valence-corrected chi connectivity index (χ1v) is 10.2. The van der Waals surface area contributed by atoms with Crippen LogP contribution in [0.15, 0.2) is 0 Å². The van der Waals surface area contributed by atoms with Gasteiger partial charge in [-0.25, -0.2) is 0 Å². The van der Waals surface area contributed by atoms with Crippen LogP contribution in [0.5, 0.6) is 0 Å². The second-order valence-corrected chi connectivity index (χ2v) is 9.34. The van der Waals surface area contributed by atoms with Gasteiger partial charge in [-0.05, 0) is 68.1 Å². The molecule has 4 aliphatic rings. The molecule has 0 aliphatic heterocycles. The Bertz CT molecular complexity index is 637. The van der Waals surface area contributed by atoms with Crippen LogP contribution >= 0.6 is 11.3 Å². The van der Waals surface area contributed by atoms with Gasteiger partial charge < -0.3 is 5.32 Å². The fourth-order valence-corrected chi connectivity index (χ4v) is 6.39. The number of hydrogen-bond acceptors (Lipinski definition) is 5. The van der Waals surface area contributed by atoms with Crippen LogP contribution in [-0.2, 0) is 16.0 Å². The van der Waals surface area contributed by atoms with Crippen LogP contribution in [0, 0.1) is 23.2 Å². The zero-order chi connectivity index (χ0) is 17.4. The molecule has 7 heteroatoms. The Morgan fingerprint density at radius 2 is 1.72 bits per heavy atom. The van der Waals surface area contributed by atoms with Gasteiger partial charge in [-0.15, -0.1) is 10.2 Å². The summed E-state index contributed by atoms with van der Waals surface area (Å²) in [6, 6.07) is 0. The van der Waals surface area contributed by atoms with Crippen LogP contribution in [-0.4, -0.2) is 28.6 Å². The molecule has 2 N–H and O–H groups in total. The summed E-state index contributed by atoms with van der Waals surface area (Å²) in [6.45, 7) is 2.00. The van der Waals surface area contributed by atoms with Crippen LogP contribution in [0.25, 0.3) is 0 Å². The molecule has 25 heavy (non-hydrogen) atoms. The van der Waals surface area contributed by atoms with Crippen molar-refractivity contribution in [2.45, 2.75) is 58.3 Å². The highest BCUT2D eigenvalue weighted by molar-refractivity contribution is 7.15. The van der Waals surface area contributed by atoms with Gasteiger partial charge in [0.15, 0.2) is 0 Å². The first-order valence-electron chi connectivity index (χ1n) is 9.42. The molecule has 0 aromatic carbocycles. The second kappa shape index (κ2) is 6.67. The topological polar surface area (TPSA) is 84.0 Å². The number of aromatic nitrogens is 2. The van der Waals surface area contributed by atoms with E-state index in [2.05, 4.69) is 20.8 Å². The van der Waals surface area contributed by atoms with E-state index in [0.717, 1.165) is 29.2 Å². The molecule has 0 spiro atoms. The average molecular weight is 362 g/mol. The van der Waals surface area contributed by atoms with Crippen molar-refractivity contribution in [3.05, 3.63) is 5.01 Å². The molecule has 1 aromatic heterocycles. The van der Waals surface area contributed by atoms with E-state index in [4.69, 9.17) is 0 Å². The van der Waals surface area contributed by atoms with E-state index in [1.54, 1.807) is 0 Å². The number of rotatable bonds is 6. The van der Waals surface area contributed by atoms with Crippen LogP contribution < -0.4 is 10.6 Å². The molecule has 0 radical (unpaired) electrons. The van der Waals surface area contributed by atoms with Gasteiger partial charge in [0.2, 0.25) is 16.9 Å². The van der Waals surface area contributed by atoms with Crippen molar-refractivity contribution in [1.29, 1.82) is 0 Å². The molecule has 1 aromatic rings. The first kappa shape index (κ1) is 16.9. The summed E-state index contributed by atoms with van der Waals surface area (Å²) >= 11 is 1.37. The summed E-state index contributed by atoms with van der Waals surface area (Å²) in [5.74, 6) is 2.30. The number of aryl methyl sites for hydroxylation is 1. The molecule has 4 aliphatic carbocycles. The van der Waals surface area contributed by atoms with Crippen molar-refractivity contribution < 1.29 is 9.59 Å². The number of nitrogens with one attached hydrogen (secondary N) is 2. The zero-order valence-corrected chi connectivity index (χ0v) is 15.5. The lowest BCUT2D eigenvalue weighted by Crippen LogP contribution is -2.48. The van der Waals surface area contributed by atoms with Crippen molar-refractivity contribution >= 4 is 28.3 Å². The van der Waals surface area contributed by atoms with E-state index >= 15 is 0 Å². The maximum Gasteiger partial charge on any atom is 0.245 e. The standard InChI is InChI=1S/C18H26N4O2S/c1-2-16-21-22-17(25-16)20-15(24)10-19-14(23)9-18-6-11-3-12(7-18)5-13(4-11)8-18/h11-13H,2-10H2,1H3,(H,19,23)(H,20,22,24). The molecular formula is C18H26N4O2S. The monoisotopic (exact) mass is 362 g/mol. The van der Waals surface area contributed by atoms with Gasteiger partial charge in [-0.2, -0.15) is 0 Å². The summed E-state index contributed by atoms with van der Waals surface area (Å²) in [5.41, 5.74) is 0.213. The molecule has 0 atom stereocenters. The zero-order valence-electron chi connectivity index (χ0n) is 14.7. The van der Waals surface area contributed by atoms with Crippen molar-refractivity contribution in [2.75, 3.05) is 11.9 Å². The SMILES string of the molecule is CCc1nnc(NC(=O)CNC(=O)CC23CC4CC(CC(C4)C2)C3)s1. The summed E-state index contributed by atoms with van der Waals surface area (Å²) in [5, 5.41) is 14.8. The van der Waals surface area contributed by atoms with E-state index in [1.807, 2.05) is 6.92 Å². The highest BCUT2D eigenvalue weighted by Crippen LogP contribution is 2.61. The van der Waals surface area contributed by atoms with Gasteiger partial charge in [-0.3, -0.25) is 14.9 Å². The normalized spacial score (nSPS) is 32.6.